The molecule has 2 aromatic carbocycles. The van der Waals surface area contributed by atoms with E-state index in [-0.39, 0.29) is 0 Å². The average molecular weight is 272 g/mol. The van der Waals surface area contributed by atoms with Gasteiger partial charge in [-0.25, -0.2) is 4.98 Å². The van der Waals surface area contributed by atoms with Gasteiger partial charge in [-0.15, -0.1) is 0 Å². The highest BCUT2D eigenvalue weighted by Crippen LogP contribution is 2.38. The summed E-state index contributed by atoms with van der Waals surface area (Å²) in [5, 5.41) is 0. The number of hydrogen-bond donors (Lipinski definition) is 0. The topological polar surface area (TPSA) is 17.8 Å². The van der Waals surface area contributed by atoms with Gasteiger partial charge in [0.25, 0.3) is 0 Å². The molecule has 4 rings (SSSR count). The number of hydrogen-bond acceptors (Lipinski definition) is 1. The highest BCUT2D eigenvalue weighted by Gasteiger charge is 2.18. The summed E-state index contributed by atoms with van der Waals surface area (Å²) in [5.74, 6) is 0. The van der Waals surface area contributed by atoms with Crippen LogP contribution in [0.25, 0.3) is 16.7 Å². The van der Waals surface area contributed by atoms with E-state index in [2.05, 4.69) is 54.0 Å². The smallest absolute Gasteiger partial charge is 0.0948 e. The quantitative estimate of drug-likeness (QED) is 0.538. The van der Waals surface area contributed by atoms with E-state index in [1.165, 1.54) is 27.8 Å². The Labute approximate surface area is 124 Å². The molecular weight excluding hydrogens is 256 g/mol. The molecule has 0 N–H and O–H groups in total. The van der Waals surface area contributed by atoms with Crippen LogP contribution >= 0.6 is 0 Å². The molecule has 1 aliphatic carbocycles. The van der Waals surface area contributed by atoms with Crippen LogP contribution in [0, 0.1) is 0 Å². The van der Waals surface area contributed by atoms with Crippen molar-refractivity contribution in [1.29, 1.82) is 0 Å². The van der Waals surface area contributed by atoms with E-state index in [0.717, 1.165) is 17.7 Å². The standard InChI is InChI=1S/C19H16N2/c1-13(19-11-20-12-21(19)2)14-7-8-18-16(9-14)10-15-5-3-4-6-17(15)18/h3-9,11-12H,1,10H2,2H3. The van der Waals surface area contributed by atoms with Crippen molar-refractivity contribution in [2.45, 2.75) is 6.42 Å². The zero-order valence-corrected chi connectivity index (χ0v) is 12.0. The lowest BCUT2D eigenvalue weighted by atomic mass is 9.98. The molecule has 0 fully saturated rings. The monoisotopic (exact) mass is 272 g/mol. The third-order valence-electron chi connectivity index (χ3n) is 4.27. The van der Waals surface area contributed by atoms with Gasteiger partial charge in [0.15, 0.2) is 0 Å². The molecule has 0 saturated heterocycles. The van der Waals surface area contributed by atoms with Gasteiger partial charge in [-0.1, -0.05) is 49.0 Å². The SMILES string of the molecule is C=C(c1ccc2c(c1)Cc1ccccc1-2)c1cncn1C. The first-order chi connectivity index (χ1) is 10.2. The van der Waals surface area contributed by atoms with Gasteiger partial charge in [-0.05, 0) is 39.8 Å². The summed E-state index contributed by atoms with van der Waals surface area (Å²) in [5.41, 5.74) is 8.77. The Morgan fingerprint density at radius 3 is 2.71 bits per heavy atom. The summed E-state index contributed by atoms with van der Waals surface area (Å²) in [6.45, 7) is 4.24. The van der Waals surface area contributed by atoms with Gasteiger partial charge in [0, 0.05) is 7.05 Å². The van der Waals surface area contributed by atoms with Crippen molar-refractivity contribution >= 4 is 5.57 Å². The Morgan fingerprint density at radius 1 is 1.10 bits per heavy atom. The van der Waals surface area contributed by atoms with Crippen molar-refractivity contribution < 1.29 is 0 Å². The van der Waals surface area contributed by atoms with Crippen LogP contribution < -0.4 is 0 Å². The van der Waals surface area contributed by atoms with Crippen LogP contribution in [-0.4, -0.2) is 9.55 Å². The number of imidazole rings is 1. The Morgan fingerprint density at radius 2 is 1.90 bits per heavy atom. The number of nitrogens with zero attached hydrogens (tertiary/aromatic N) is 2. The van der Waals surface area contributed by atoms with E-state index in [1.807, 2.05) is 24.1 Å². The molecule has 0 radical (unpaired) electrons. The molecule has 3 aromatic rings. The molecular formula is C19H16N2. The lowest BCUT2D eigenvalue weighted by Gasteiger charge is -2.09. The second-order valence-corrected chi connectivity index (χ2v) is 5.57. The number of benzene rings is 2. The molecule has 102 valence electrons. The number of aryl methyl sites for hydroxylation is 1. The van der Waals surface area contributed by atoms with E-state index >= 15 is 0 Å². The molecule has 2 heteroatoms. The van der Waals surface area contributed by atoms with E-state index in [0.29, 0.717) is 0 Å². The van der Waals surface area contributed by atoms with Crippen LogP contribution in [0.3, 0.4) is 0 Å². The second kappa shape index (κ2) is 4.45. The molecule has 0 aliphatic heterocycles. The van der Waals surface area contributed by atoms with Gasteiger partial charge in [-0.2, -0.15) is 0 Å². The zero-order chi connectivity index (χ0) is 14.4. The fourth-order valence-corrected chi connectivity index (χ4v) is 3.13. The van der Waals surface area contributed by atoms with E-state index in [4.69, 9.17) is 0 Å². The van der Waals surface area contributed by atoms with Crippen molar-refractivity contribution in [3.8, 4) is 11.1 Å². The fourth-order valence-electron chi connectivity index (χ4n) is 3.13. The van der Waals surface area contributed by atoms with Crippen molar-refractivity contribution in [2.75, 3.05) is 0 Å². The largest absolute Gasteiger partial charge is 0.334 e. The molecule has 1 heterocycles. The molecule has 1 aliphatic rings. The van der Waals surface area contributed by atoms with Crippen LogP contribution in [0.2, 0.25) is 0 Å². The summed E-state index contributed by atoms with van der Waals surface area (Å²) in [7, 11) is 2.00. The summed E-state index contributed by atoms with van der Waals surface area (Å²) in [6.07, 6.45) is 4.69. The van der Waals surface area contributed by atoms with Crippen LogP contribution in [0.5, 0.6) is 0 Å². The molecule has 0 atom stereocenters. The van der Waals surface area contributed by atoms with Gasteiger partial charge in [-0.3, -0.25) is 0 Å². The highest BCUT2D eigenvalue weighted by atomic mass is 15.0. The van der Waals surface area contributed by atoms with Crippen molar-refractivity contribution in [2.24, 2.45) is 7.05 Å². The predicted molar refractivity (Wildman–Crippen MR) is 86.0 cm³/mol. The summed E-state index contributed by atoms with van der Waals surface area (Å²) < 4.78 is 2.00. The van der Waals surface area contributed by atoms with Crippen LogP contribution in [0.4, 0.5) is 0 Å². The Kier molecular flexibility index (Phi) is 2.58. The number of aromatic nitrogens is 2. The minimum absolute atomic E-state index is 1.01. The molecule has 21 heavy (non-hydrogen) atoms. The molecule has 0 unspecified atom stereocenters. The minimum Gasteiger partial charge on any atom is -0.334 e. The molecule has 1 aromatic heterocycles. The van der Waals surface area contributed by atoms with Gasteiger partial charge in [0.05, 0.1) is 18.2 Å². The first-order valence-electron chi connectivity index (χ1n) is 7.11. The van der Waals surface area contributed by atoms with Gasteiger partial charge < -0.3 is 4.57 Å². The number of rotatable bonds is 2. The maximum atomic E-state index is 4.24. The van der Waals surface area contributed by atoms with E-state index < -0.39 is 0 Å². The molecule has 0 bridgehead atoms. The first-order valence-corrected chi connectivity index (χ1v) is 7.11. The van der Waals surface area contributed by atoms with E-state index in [9.17, 15) is 0 Å². The van der Waals surface area contributed by atoms with Crippen LogP contribution in [-0.2, 0) is 13.5 Å². The zero-order valence-electron chi connectivity index (χ0n) is 12.0. The lowest BCUT2D eigenvalue weighted by Crippen LogP contribution is -1.95. The summed E-state index contributed by atoms with van der Waals surface area (Å²) >= 11 is 0. The van der Waals surface area contributed by atoms with Crippen LogP contribution in [0.15, 0.2) is 61.6 Å². The normalized spacial score (nSPS) is 12.0. The Balaban J connectivity index is 1.77. The summed E-state index contributed by atoms with van der Waals surface area (Å²) in [4.78, 5) is 4.18. The third kappa shape index (κ3) is 1.83. The third-order valence-corrected chi connectivity index (χ3v) is 4.27. The average Bonchev–Trinajstić information content (AvgIpc) is 3.09. The Bertz CT molecular complexity index is 856. The summed E-state index contributed by atoms with van der Waals surface area (Å²) in [6, 6.07) is 15.3. The van der Waals surface area contributed by atoms with Crippen LogP contribution in [0.1, 0.15) is 22.4 Å². The highest BCUT2D eigenvalue weighted by molar-refractivity contribution is 5.82. The van der Waals surface area contributed by atoms with Gasteiger partial charge in [0.2, 0.25) is 0 Å². The Hall–Kier alpha value is -2.61. The van der Waals surface area contributed by atoms with Crippen molar-refractivity contribution in [3.63, 3.8) is 0 Å². The molecule has 0 saturated carbocycles. The molecule has 0 amide bonds. The number of fused-ring (bicyclic) bond motifs is 3. The van der Waals surface area contributed by atoms with Crippen molar-refractivity contribution in [3.05, 3.63) is 84.0 Å². The first kappa shape index (κ1) is 12.2. The predicted octanol–water partition coefficient (Wildman–Crippen LogP) is 4.05. The van der Waals surface area contributed by atoms with E-state index in [1.54, 1.807) is 0 Å². The molecule has 2 nitrogen and oxygen atoms in total. The maximum absolute atomic E-state index is 4.24. The minimum atomic E-state index is 1.01. The lowest BCUT2D eigenvalue weighted by molar-refractivity contribution is 0.898. The van der Waals surface area contributed by atoms with Gasteiger partial charge in [0.1, 0.15) is 0 Å². The van der Waals surface area contributed by atoms with Gasteiger partial charge >= 0.3 is 0 Å². The van der Waals surface area contributed by atoms with Crippen molar-refractivity contribution in [1.82, 2.24) is 9.55 Å². The fraction of sp³-hybridized carbons (Fsp3) is 0.105. The second-order valence-electron chi connectivity index (χ2n) is 5.57. The molecule has 0 spiro atoms. The maximum Gasteiger partial charge on any atom is 0.0948 e.